The molecule has 0 radical (unpaired) electrons. The van der Waals surface area contributed by atoms with Crippen molar-refractivity contribution in [2.75, 3.05) is 11.4 Å². The fourth-order valence-electron chi connectivity index (χ4n) is 3.66. The van der Waals surface area contributed by atoms with Gasteiger partial charge in [0.05, 0.1) is 5.69 Å². The summed E-state index contributed by atoms with van der Waals surface area (Å²) in [5, 5.41) is 0. The highest BCUT2D eigenvalue weighted by Gasteiger charge is 2.33. The molecular formula is C18H22N4O. The summed E-state index contributed by atoms with van der Waals surface area (Å²) in [4.78, 5) is 27.2. The van der Waals surface area contributed by atoms with Gasteiger partial charge in [0.25, 0.3) is 0 Å². The quantitative estimate of drug-likeness (QED) is 0.927. The molecule has 0 saturated carbocycles. The molecule has 120 valence electrons. The van der Waals surface area contributed by atoms with E-state index in [-0.39, 0.29) is 11.8 Å². The van der Waals surface area contributed by atoms with Crippen LogP contribution in [0, 0.1) is 5.92 Å². The van der Waals surface area contributed by atoms with Crippen LogP contribution in [0.5, 0.6) is 0 Å². The van der Waals surface area contributed by atoms with Crippen molar-refractivity contribution >= 4 is 11.6 Å². The van der Waals surface area contributed by atoms with E-state index in [1.54, 1.807) is 6.20 Å². The average Bonchev–Trinajstić information content (AvgIpc) is 3.17. The Morgan fingerprint density at radius 3 is 3.09 bits per heavy atom. The number of anilines is 1. The van der Waals surface area contributed by atoms with Gasteiger partial charge in [0.15, 0.2) is 0 Å². The summed E-state index contributed by atoms with van der Waals surface area (Å²) < 4.78 is 0. The number of hydrogen-bond donors (Lipinski definition) is 1. The fourth-order valence-corrected chi connectivity index (χ4v) is 3.66. The summed E-state index contributed by atoms with van der Waals surface area (Å²) in [6.07, 6.45) is 7.13. The van der Waals surface area contributed by atoms with Crippen LogP contribution in [0.2, 0.25) is 0 Å². The number of H-pyrrole nitrogens is 1. The molecule has 0 aromatic carbocycles. The molecular weight excluding hydrogens is 288 g/mol. The minimum Gasteiger partial charge on any atom is -0.345 e. The predicted molar refractivity (Wildman–Crippen MR) is 88.5 cm³/mol. The molecule has 0 fully saturated rings. The minimum absolute atomic E-state index is 0.0575. The van der Waals surface area contributed by atoms with Gasteiger partial charge in [-0.3, -0.25) is 9.78 Å². The third kappa shape index (κ3) is 2.44. The van der Waals surface area contributed by atoms with Crippen molar-refractivity contribution in [1.82, 2.24) is 15.0 Å². The zero-order valence-electron chi connectivity index (χ0n) is 13.7. The topological polar surface area (TPSA) is 61.9 Å². The van der Waals surface area contributed by atoms with Crippen LogP contribution < -0.4 is 4.90 Å². The molecule has 0 unspecified atom stereocenters. The lowest BCUT2D eigenvalue weighted by molar-refractivity contribution is -0.122. The Kier molecular flexibility index (Phi) is 3.43. The van der Waals surface area contributed by atoms with Gasteiger partial charge in [0.2, 0.25) is 5.91 Å². The van der Waals surface area contributed by atoms with Crippen LogP contribution in [0.3, 0.4) is 0 Å². The summed E-state index contributed by atoms with van der Waals surface area (Å²) in [5.41, 5.74) is 4.54. The van der Waals surface area contributed by atoms with Crippen LogP contribution >= 0.6 is 0 Å². The van der Waals surface area contributed by atoms with Gasteiger partial charge in [-0.15, -0.1) is 0 Å². The maximum absolute atomic E-state index is 13.0. The molecule has 1 aliphatic carbocycles. The molecule has 5 nitrogen and oxygen atoms in total. The first-order chi connectivity index (χ1) is 11.1. The van der Waals surface area contributed by atoms with E-state index in [0.29, 0.717) is 5.92 Å². The van der Waals surface area contributed by atoms with Gasteiger partial charge in [-0.25, -0.2) is 4.98 Å². The second-order valence-electron chi connectivity index (χ2n) is 6.89. The van der Waals surface area contributed by atoms with E-state index < -0.39 is 0 Å². The number of amides is 1. The van der Waals surface area contributed by atoms with E-state index in [1.807, 2.05) is 17.2 Å². The van der Waals surface area contributed by atoms with Crippen molar-refractivity contribution < 1.29 is 4.79 Å². The monoisotopic (exact) mass is 310 g/mol. The first kappa shape index (κ1) is 14.4. The molecule has 5 heteroatoms. The van der Waals surface area contributed by atoms with Gasteiger partial charge < -0.3 is 9.88 Å². The minimum atomic E-state index is 0.0575. The van der Waals surface area contributed by atoms with E-state index in [4.69, 9.17) is 0 Å². The molecule has 1 atom stereocenters. The number of carbonyl (C=O) groups excluding carboxylic acids is 1. The van der Waals surface area contributed by atoms with Crippen molar-refractivity contribution in [3.05, 3.63) is 41.2 Å². The van der Waals surface area contributed by atoms with Crippen molar-refractivity contribution in [2.24, 2.45) is 5.92 Å². The van der Waals surface area contributed by atoms with Gasteiger partial charge in [0, 0.05) is 48.6 Å². The van der Waals surface area contributed by atoms with E-state index in [9.17, 15) is 4.79 Å². The number of aromatic nitrogens is 3. The third-order valence-corrected chi connectivity index (χ3v) is 5.00. The highest BCUT2D eigenvalue weighted by molar-refractivity contribution is 5.97. The lowest BCUT2D eigenvalue weighted by atomic mass is 9.88. The molecule has 1 N–H and O–H groups in total. The molecule has 4 rings (SSSR count). The number of carbonyl (C=O) groups is 1. The number of aromatic amines is 1. The summed E-state index contributed by atoms with van der Waals surface area (Å²) in [6.45, 7) is 5.06. The van der Waals surface area contributed by atoms with Gasteiger partial charge >= 0.3 is 0 Å². The zero-order valence-corrected chi connectivity index (χ0v) is 13.7. The molecule has 0 saturated heterocycles. The van der Waals surface area contributed by atoms with Crippen LogP contribution in [-0.2, 0) is 24.1 Å². The molecule has 2 aromatic rings. The summed E-state index contributed by atoms with van der Waals surface area (Å²) in [5.74, 6) is 1.75. The van der Waals surface area contributed by atoms with Crippen molar-refractivity contribution in [1.29, 1.82) is 0 Å². The van der Waals surface area contributed by atoms with Crippen LogP contribution in [0.15, 0.2) is 18.5 Å². The number of imidazole rings is 1. The number of nitrogens with one attached hydrogen (secondary N) is 1. The molecule has 0 spiro atoms. The normalized spacial score (nSPS) is 19.8. The number of pyridine rings is 1. The number of nitrogens with zero attached hydrogens (tertiary/aromatic N) is 3. The predicted octanol–water partition coefficient (Wildman–Crippen LogP) is 2.62. The maximum atomic E-state index is 13.0. The Labute approximate surface area is 136 Å². The Morgan fingerprint density at radius 1 is 1.39 bits per heavy atom. The van der Waals surface area contributed by atoms with E-state index in [1.165, 1.54) is 5.56 Å². The second-order valence-corrected chi connectivity index (χ2v) is 6.89. The third-order valence-electron chi connectivity index (χ3n) is 5.00. The van der Waals surface area contributed by atoms with E-state index in [2.05, 4.69) is 28.8 Å². The van der Waals surface area contributed by atoms with Gasteiger partial charge in [-0.1, -0.05) is 13.8 Å². The molecule has 1 aliphatic heterocycles. The van der Waals surface area contributed by atoms with Crippen LogP contribution in [0.1, 0.15) is 49.0 Å². The smallest absolute Gasteiger partial charge is 0.230 e. The summed E-state index contributed by atoms with van der Waals surface area (Å²) >= 11 is 0. The number of hydrogen-bond acceptors (Lipinski definition) is 3. The van der Waals surface area contributed by atoms with Gasteiger partial charge in [-0.05, 0) is 30.9 Å². The van der Waals surface area contributed by atoms with Crippen LogP contribution in [-0.4, -0.2) is 27.4 Å². The maximum Gasteiger partial charge on any atom is 0.230 e. The number of aryl methyl sites for hydroxylation is 1. The van der Waals surface area contributed by atoms with Crippen molar-refractivity contribution in [3.63, 3.8) is 0 Å². The first-order valence-electron chi connectivity index (χ1n) is 8.45. The van der Waals surface area contributed by atoms with Crippen LogP contribution in [0.25, 0.3) is 0 Å². The lowest BCUT2D eigenvalue weighted by Crippen LogP contribution is -2.37. The Balaban J connectivity index is 1.54. The molecule has 3 heterocycles. The van der Waals surface area contributed by atoms with E-state index >= 15 is 0 Å². The Hall–Kier alpha value is -2.17. The standard InChI is InChI=1S/C18H22N4O/c1-11(2)17-20-14-4-3-12(9-15(14)21-17)18(23)22-8-6-13-10-19-7-5-16(13)22/h5,7,10-12H,3-4,6,8-9H2,1-2H3,(H,20,21)/t12-/m1/s1. The van der Waals surface area contributed by atoms with Gasteiger partial charge in [-0.2, -0.15) is 0 Å². The van der Waals surface area contributed by atoms with Crippen molar-refractivity contribution in [2.45, 2.75) is 45.4 Å². The molecule has 1 amide bonds. The number of fused-ring (bicyclic) bond motifs is 2. The second kappa shape index (κ2) is 5.48. The summed E-state index contributed by atoms with van der Waals surface area (Å²) in [7, 11) is 0. The highest BCUT2D eigenvalue weighted by Crippen LogP contribution is 2.32. The molecule has 0 bridgehead atoms. The Morgan fingerprint density at radius 2 is 2.26 bits per heavy atom. The van der Waals surface area contributed by atoms with Gasteiger partial charge in [0.1, 0.15) is 5.82 Å². The lowest BCUT2D eigenvalue weighted by Gasteiger charge is -2.26. The molecule has 2 aromatic heterocycles. The zero-order chi connectivity index (χ0) is 16.0. The molecule has 2 aliphatic rings. The van der Waals surface area contributed by atoms with Crippen LogP contribution in [0.4, 0.5) is 5.69 Å². The SMILES string of the molecule is CC(C)c1nc2c([nH]1)C[C@H](C(=O)N1CCc3cnccc31)CC2. The molecule has 23 heavy (non-hydrogen) atoms. The largest absolute Gasteiger partial charge is 0.345 e. The van der Waals surface area contributed by atoms with Crippen molar-refractivity contribution in [3.8, 4) is 0 Å². The first-order valence-corrected chi connectivity index (χ1v) is 8.45. The summed E-state index contributed by atoms with van der Waals surface area (Å²) in [6, 6.07) is 1.96. The fraction of sp³-hybridized carbons (Fsp3) is 0.500. The number of rotatable bonds is 2. The highest BCUT2D eigenvalue weighted by atomic mass is 16.2. The Bertz CT molecular complexity index is 749. The average molecular weight is 310 g/mol. The van der Waals surface area contributed by atoms with E-state index in [0.717, 1.165) is 55.1 Å².